The van der Waals surface area contributed by atoms with Gasteiger partial charge >= 0.3 is 11.9 Å². The molecule has 0 aliphatic carbocycles. The second-order valence-corrected chi connectivity index (χ2v) is 8.60. The molecule has 0 unspecified atom stereocenters. The van der Waals surface area contributed by atoms with Crippen LogP contribution in [0.4, 0.5) is 5.69 Å². The lowest BCUT2D eigenvalue weighted by molar-refractivity contribution is -0.139. The molecule has 0 fully saturated rings. The lowest BCUT2D eigenvalue weighted by Crippen LogP contribution is -2.35. The molecule has 0 N–H and O–H groups in total. The molecular formula is C27H30BrNO5. The van der Waals surface area contributed by atoms with Gasteiger partial charge in [0.15, 0.2) is 0 Å². The average Bonchev–Trinajstić information content (AvgIpc) is 2.81. The number of carbonyl (C=O) groups is 2. The van der Waals surface area contributed by atoms with Crippen LogP contribution in [0.25, 0.3) is 0 Å². The number of benzene rings is 2. The van der Waals surface area contributed by atoms with Crippen molar-refractivity contribution < 1.29 is 23.8 Å². The zero-order chi connectivity index (χ0) is 24.8. The quantitative estimate of drug-likeness (QED) is 0.385. The number of halogens is 1. The zero-order valence-electron chi connectivity index (χ0n) is 20.2. The molecule has 34 heavy (non-hydrogen) atoms. The Morgan fingerprint density at radius 3 is 1.74 bits per heavy atom. The molecule has 0 saturated heterocycles. The maximum atomic E-state index is 13.3. The summed E-state index contributed by atoms with van der Waals surface area (Å²) in [4.78, 5) is 28.5. The highest BCUT2D eigenvalue weighted by Crippen LogP contribution is 2.45. The van der Waals surface area contributed by atoms with E-state index in [1.807, 2.05) is 74.2 Å². The summed E-state index contributed by atoms with van der Waals surface area (Å²) in [5.74, 6) is -0.794. The summed E-state index contributed by atoms with van der Waals surface area (Å²) >= 11 is 3.46. The number of rotatable bonds is 8. The number of hydrogen-bond donors (Lipinski definition) is 0. The van der Waals surface area contributed by atoms with Gasteiger partial charge in [-0.3, -0.25) is 0 Å². The van der Waals surface area contributed by atoms with Crippen LogP contribution in [-0.4, -0.2) is 31.8 Å². The van der Waals surface area contributed by atoms with E-state index in [-0.39, 0.29) is 13.2 Å². The molecule has 2 aromatic carbocycles. The van der Waals surface area contributed by atoms with Gasteiger partial charge in [-0.25, -0.2) is 9.59 Å². The smallest absolute Gasteiger partial charge is 0.336 e. The summed E-state index contributed by atoms with van der Waals surface area (Å²) in [6.07, 6.45) is 0. The van der Waals surface area contributed by atoms with Gasteiger partial charge in [-0.05, 0) is 76.6 Å². The summed E-state index contributed by atoms with van der Waals surface area (Å²) in [6.45, 7) is 10.2. The Morgan fingerprint density at radius 1 is 0.794 bits per heavy atom. The van der Waals surface area contributed by atoms with E-state index in [4.69, 9.17) is 14.2 Å². The molecule has 1 aliphatic heterocycles. The van der Waals surface area contributed by atoms with E-state index < -0.39 is 17.9 Å². The van der Waals surface area contributed by atoms with Crippen LogP contribution in [0.15, 0.2) is 75.5 Å². The molecule has 2 aromatic rings. The molecule has 1 aliphatic rings. The van der Waals surface area contributed by atoms with E-state index in [1.165, 1.54) is 0 Å². The topological polar surface area (TPSA) is 65.1 Å². The van der Waals surface area contributed by atoms with Crippen LogP contribution in [0.5, 0.6) is 5.75 Å². The van der Waals surface area contributed by atoms with Gasteiger partial charge in [0, 0.05) is 21.6 Å². The first-order valence-corrected chi connectivity index (χ1v) is 12.2. The Kier molecular flexibility index (Phi) is 8.56. The van der Waals surface area contributed by atoms with E-state index in [9.17, 15) is 9.59 Å². The molecule has 0 aromatic heterocycles. The summed E-state index contributed by atoms with van der Waals surface area (Å²) in [7, 11) is 0. The lowest BCUT2D eigenvalue weighted by atomic mass is 9.79. The predicted octanol–water partition coefficient (Wildman–Crippen LogP) is 6.13. The Morgan fingerprint density at radius 2 is 1.29 bits per heavy atom. The maximum absolute atomic E-state index is 13.3. The molecule has 0 saturated carbocycles. The monoisotopic (exact) mass is 527 g/mol. The molecular weight excluding hydrogens is 498 g/mol. The Balaban J connectivity index is 2.26. The second kappa shape index (κ2) is 11.4. The molecule has 3 rings (SSSR count). The van der Waals surface area contributed by atoms with Crippen molar-refractivity contribution >= 4 is 33.6 Å². The third-order valence-electron chi connectivity index (χ3n) is 5.63. The molecule has 180 valence electrons. The first kappa shape index (κ1) is 25.6. The highest BCUT2D eigenvalue weighted by Gasteiger charge is 2.41. The van der Waals surface area contributed by atoms with Crippen molar-refractivity contribution in [2.24, 2.45) is 0 Å². The molecule has 1 heterocycles. The summed E-state index contributed by atoms with van der Waals surface area (Å²) in [5.41, 5.74) is 3.82. The zero-order valence-corrected chi connectivity index (χ0v) is 21.8. The van der Waals surface area contributed by atoms with E-state index >= 15 is 0 Å². The third kappa shape index (κ3) is 5.20. The largest absolute Gasteiger partial charge is 0.494 e. The van der Waals surface area contributed by atoms with Crippen molar-refractivity contribution in [2.75, 3.05) is 24.7 Å². The van der Waals surface area contributed by atoms with Crippen LogP contribution >= 0.6 is 15.9 Å². The third-order valence-corrected chi connectivity index (χ3v) is 6.16. The highest BCUT2D eigenvalue weighted by atomic mass is 79.9. The fourth-order valence-corrected chi connectivity index (χ4v) is 4.50. The highest BCUT2D eigenvalue weighted by molar-refractivity contribution is 9.10. The fraction of sp³-hybridized carbons (Fsp3) is 0.333. The van der Waals surface area contributed by atoms with Gasteiger partial charge in [0.25, 0.3) is 0 Å². The van der Waals surface area contributed by atoms with Gasteiger partial charge in [-0.15, -0.1) is 0 Å². The van der Waals surface area contributed by atoms with Crippen molar-refractivity contribution in [1.29, 1.82) is 0 Å². The number of allylic oxidation sites excluding steroid dienone is 2. The molecule has 0 radical (unpaired) electrons. The molecule has 0 bridgehead atoms. The lowest BCUT2D eigenvalue weighted by Gasteiger charge is -2.38. The van der Waals surface area contributed by atoms with Gasteiger partial charge in [0.1, 0.15) is 5.75 Å². The predicted molar refractivity (Wildman–Crippen MR) is 136 cm³/mol. The number of esters is 2. The van der Waals surface area contributed by atoms with Gasteiger partial charge < -0.3 is 19.1 Å². The second-order valence-electron chi connectivity index (χ2n) is 7.69. The standard InChI is InChI=1S/C27H30BrNO5/c1-6-32-22-15-13-21(14-16-22)29-17(4)23(26(30)33-7-2)25(19-9-11-20(28)12-10-19)24(18(29)5)27(31)34-8-3/h9-16,25H,6-8H2,1-5H3. The molecule has 6 nitrogen and oxygen atoms in total. The van der Waals surface area contributed by atoms with E-state index in [0.29, 0.717) is 29.1 Å². The van der Waals surface area contributed by atoms with Crippen molar-refractivity contribution in [3.63, 3.8) is 0 Å². The number of ether oxygens (including phenoxy) is 3. The van der Waals surface area contributed by atoms with E-state index in [2.05, 4.69) is 15.9 Å². The van der Waals surface area contributed by atoms with Gasteiger partial charge in [-0.2, -0.15) is 0 Å². The maximum Gasteiger partial charge on any atom is 0.336 e. The summed E-state index contributed by atoms with van der Waals surface area (Å²) in [5, 5.41) is 0. The Labute approximate surface area is 209 Å². The van der Waals surface area contributed by atoms with Crippen LogP contribution in [0, 0.1) is 0 Å². The van der Waals surface area contributed by atoms with Crippen LogP contribution in [-0.2, 0) is 19.1 Å². The van der Waals surface area contributed by atoms with Crippen molar-refractivity contribution in [3.8, 4) is 5.75 Å². The first-order valence-electron chi connectivity index (χ1n) is 11.4. The average molecular weight is 528 g/mol. The fourth-order valence-electron chi connectivity index (χ4n) is 4.24. The summed E-state index contributed by atoms with van der Waals surface area (Å²) < 4.78 is 17.4. The number of anilines is 1. The molecule has 0 spiro atoms. The van der Waals surface area contributed by atoms with E-state index in [0.717, 1.165) is 21.5 Å². The van der Waals surface area contributed by atoms with Crippen LogP contribution < -0.4 is 9.64 Å². The SMILES string of the molecule is CCOC(=O)C1=C(C)N(c2ccc(OCC)cc2)C(C)=C(C(=O)OCC)C1c1ccc(Br)cc1. The van der Waals surface area contributed by atoms with Crippen LogP contribution in [0.1, 0.15) is 46.1 Å². The number of hydrogen-bond acceptors (Lipinski definition) is 6. The van der Waals surface area contributed by atoms with Crippen molar-refractivity contribution in [3.05, 3.63) is 81.1 Å². The van der Waals surface area contributed by atoms with Gasteiger partial charge in [0.2, 0.25) is 0 Å². The van der Waals surface area contributed by atoms with E-state index in [1.54, 1.807) is 13.8 Å². The van der Waals surface area contributed by atoms with Gasteiger partial charge in [0.05, 0.1) is 36.9 Å². The molecule has 0 atom stereocenters. The normalized spacial score (nSPS) is 14.4. The van der Waals surface area contributed by atoms with Gasteiger partial charge in [-0.1, -0.05) is 28.1 Å². The van der Waals surface area contributed by atoms with Crippen molar-refractivity contribution in [2.45, 2.75) is 40.5 Å². The molecule has 7 heteroatoms. The number of nitrogens with zero attached hydrogens (tertiary/aromatic N) is 1. The van der Waals surface area contributed by atoms with Crippen LogP contribution in [0.2, 0.25) is 0 Å². The minimum atomic E-state index is -0.620. The molecule has 0 amide bonds. The summed E-state index contributed by atoms with van der Waals surface area (Å²) in [6, 6.07) is 15.1. The minimum Gasteiger partial charge on any atom is -0.494 e. The Hall–Kier alpha value is -3.06. The van der Waals surface area contributed by atoms with Crippen molar-refractivity contribution in [1.82, 2.24) is 0 Å². The minimum absolute atomic E-state index is 0.225. The first-order chi connectivity index (χ1) is 16.3. The number of carbonyl (C=O) groups excluding carboxylic acids is 2. The Bertz CT molecular complexity index is 1060. The van der Waals surface area contributed by atoms with Crippen LogP contribution in [0.3, 0.4) is 0 Å².